The maximum absolute atomic E-state index is 13.5. The number of hydrogen-bond donors (Lipinski definition) is 2. The Bertz CT molecular complexity index is 543. The Morgan fingerprint density at radius 3 is 2.11 bits per heavy atom. The number of nitrogens with one attached hydrogen (secondary N) is 1. The van der Waals surface area contributed by atoms with Gasteiger partial charge in [0.15, 0.2) is 4.90 Å². The molecule has 19 heavy (non-hydrogen) atoms. The molecule has 0 heterocycles. The molecule has 4 nitrogen and oxygen atoms in total. The Hall–Kier alpha value is -1.21. The molecule has 0 bridgehead atoms. The van der Waals surface area contributed by atoms with Gasteiger partial charge in [0.05, 0.1) is 0 Å². The molecule has 0 radical (unpaired) electrons. The molecule has 3 N–H and O–H groups in total. The van der Waals surface area contributed by atoms with Crippen molar-refractivity contribution in [3.8, 4) is 0 Å². The van der Waals surface area contributed by atoms with Crippen LogP contribution in [0.5, 0.6) is 0 Å². The van der Waals surface area contributed by atoms with Gasteiger partial charge in [-0.2, -0.15) is 0 Å². The van der Waals surface area contributed by atoms with E-state index in [4.69, 9.17) is 5.73 Å². The van der Waals surface area contributed by atoms with E-state index in [-0.39, 0.29) is 17.6 Å². The van der Waals surface area contributed by atoms with E-state index in [0.717, 1.165) is 12.1 Å². The number of rotatable bonds is 4. The number of sulfonamides is 1. The lowest BCUT2D eigenvalue weighted by Gasteiger charge is -2.18. The van der Waals surface area contributed by atoms with E-state index in [0.29, 0.717) is 6.42 Å². The molecule has 0 aliphatic rings. The summed E-state index contributed by atoms with van der Waals surface area (Å²) in [4.78, 5) is -0.990. The lowest BCUT2D eigenvalue weighted by Crippen LogP contribution is -2.29. The first-order valence-corrected chi connectivity index (χ1v) is 7.25. The number of nitrogens with two attached hydrogens (primary N) is 1. The molecule has 0 aliphatic carbocycles. The quantitative estimate of drug-likeness (QED) is 0.836. The second-order valence-electron chi connectivity index (χ2n) is 5.52. The molecule has 0 amide bonds. The summed E-state index contributed by atoms with van der Waals surface area (Å²) in [7, 11) is -4.22. The molecular formula is C12H18F2N2O2S. The fraction of sp³-hybridized carbons (Fsp3) is 0.500. The van der Waals surface area contributed by atoms with Gasteiger partial charge >= 0.3 is 0 Å². The van der Waals surface area contributed by atoms with Gasteiger partial charge < -0.3 is 5.73 Å². The van der Waals surface area contributed by atoms with Crippen molar-refractivity contribution in [1.29, 1.82) is 0 Å². The van der Waals surface area contributed by atoms with Gasteiger partial charge in [-0.3, -0.25) is 0 Å². The van der Waals surface area contributed by atoms with Crippen LogP contribution in [0.25, 0.3) is 0 Å². The fourth-order valence-corrected chi connectivity index (χ4v) is 2.62. The van der Waals surface area contributed by atoms with Crippen molar-refractivity contribution < 1.29 is 17.2 Å². The van der Waals surface area contributed by atoms with Gasteiger partial charge in [0.2, 0.25) is 10.0 Å². The summed E-state index contributed by atoms with van der Waals surface area (Å²) in [6, 6.07) is 1.56. The van der Waals surface area contributed by atoms with Crippen molar-refractivity contribution in [3.63, 3.8) is 0 Å². The van der Waals surface area contributed by atoms with E-state index in [1.165, 1.54) is 0 Å². The van der Waals surface area contributed by atoms with Crippen LogP contribution in [-0.4, -0.2) is 15.0 Å². The Morgan fingerprint density at radius 2 is 1.68 bits per heavy atom. The highest BCUT2D eigenvalue weighted by molar-refractivity contribution is 7.89. The zero-order valence-electron chi connectivity index (χ0n) is 11.1. The average molecular weight is 292 g/mol. The van der Waals surface area contributed by atoms with Crippen LogP contribution in [0.1, 0.15) is 27.2 Å². The number of nitrogen functional groups attached to an aromatic ring is 1. The van der Waals surface area contributed by atoms with Crippen molar-refractivity contribution in [2.24, 2.45) is 5.41 Å². The van der Waals surface area contributed by atoms with Crippen LogP contribution < -0.4 is 10.5 Å². The van der Waals surface area contributed by atoms with Crippen LogP contribution in [0.3, 0.4) is 0 Å². The normalized spacial score (nSPS) is 12.7. The minimum atomic E-state index is -4.22. The fourth-order valence-electron chi connectivity index (χ4n) is 1.47. The SMILES string of the molecule is CC(C)(C)CCNS(=O)(=O)c1c(F)cc(N)cc1F. The molecule has 1 rings (SSSR count). The summed E-state index contributed by atoms with van der Waals surface area (Å²) in [6.07, 6.45) is 0.546. The third kappa shape index (κ3) is 4.43. The first-order chi connectivity index (χ1) is 8.53. The lowest BCUT2D eigenvalue weighted by molar-refractivity contribution is 0.378. The number of hydrogen-bond acceptors (Lipinski definition) is 3. The van der Waals surface area contributed by atoms with Crippen molar-refractivity contribution in [1.82, 2.24) is 4.72 Å². The molecule has 1 aromatic carbocycles. The van der Waals surface area contributed by atoms with E-state index >= 15 is 0 Å². The Kier molecular flexibility index (Phi) is 4.52. The first-order valence-electron chi connectivity index (χ1n) is 5.77. The smallest absolute Gasteiger partial charge is 0.246 e. The molecule has 0 unspecified atom stereocenters. The maximum atomic E-state index is 13.5. The van der Waals surface area contributed by atoms with Crippen molar-refractivity contribution >= 4 is 15.7 Å². The minimum Gasteiger partial charge on any atom is -0.399 e. The van der Waals surface area contributed by atoms with Crippen molar-refractivity contribution in [2.75, 3.05) is 12.3 Å². The monoisotopic (exact) mass is 292 g/mol. The maximum Gasteiger partial charge on any atom is 0.246 e. The zero-order chi connectivity index (χ0) is 14.8. The third-order valence-electron chi connectivity index (χ3n) is 2.46. The van der Waals surface area contributed by atoms with Crippen LogP contribution in [0.4, 0.5) is 14.5 Å². The molecule has 0 saturated carbocycles. The molecular weight excluding hydrogens is 274 g/mol. The molecule has 0 atom stereocenters. The summed E-state index contributed by atoms with van der Waals surface area (Å²) >= 11 is 0. The molecule has 0 saturated heterocycles. The van der Waals surface area contributed by atoms with Gasteiger partial charge in [-0.05, 0) is 24.0 Å². The first kappa shape index (κ1) is 15.8. The molecule has 1 aromatic rings. The average Bonchev–Trinajstić information content (AvgIpc) is 2.11. The van der Waals surface area contributed by atoms with Gasteiger partial charge in [-0.15, -0.1) is 0 Å². The Morgan fingerprint density at radius 1 is 1.21 bits per heavy atom. The van der Waals surface area contributed by atoms with Crippen LogP contribution in [0.15, 0.2) is 17.0 Å². The molecule has 0 fully saturated rings. The van der Waals surface area contributed by atoms with Crippen LogP contribution >= 0.6 is 0 Å². The summed E-state index contributed by atoms with van der Waals surface area (Å²) in [6.45, 7) is 5.91. The molecule has 7 heteroatoms. The Labute approximate surface area is 112 Å². The summed E-state index contributed by atoms with van der Waals surface area (Å²) in [5.74, 6) is -2.39. The van der Waals surface area contributed by atoms with Gasteiger partial charge in [0.25, 0.3) is 0 Å². The van der Waals surface area contributed by atoms with Crippen molar-refractivity contribution in [2.45, 2.75) is 32.1 Å². The largest absolute Gasteiger partial charge is 0.399 e. The molecule has 0 spiro atoms. The standard InChI is InChI=1S/C12H18F2N2O2S/c1-12(2,3)4-5-16-19(17,18)11-9(13)6-8(15)7-10(11)14/h6-7,16H,4-5,15H2,1-3H3. The van der Waals surface area contributed by atoms with E-state index in [2.05, 4.69) is 4.72 Å². The van der Waals surface area contributed by atoms with Gasteiger partial charge in [0, 0.05) is 12.2 Å². The van der Waals surface area contributed by atoms with Gasteiger partial charge in [-0.1, -0.05) is 20.8 Å². The number of benzene rings is 1. The summed E-state index contributed by atoms with van der Waals surface area (Å²) < 4.78 is 52.9. The van der Waals surface area contributed by atoms with Crippen LogP contribution in [-0.2, 0) is 10.0 Å². The van der Waals surface area contributed by atoms with E-state index in [1.54, 1.807) is 0 Å². The highest BCUT2D eigenvalue weighted by Crippen LogP contribution is 2.22. The second-order valence-corrected chi connectivity index (χ2v) is 7.23. The summed E-state index contributed by atoms with van der Waals surface area (Å²) in [5.41, 5.74) is 4.99. The predicted octanol–water partition coefficient (Wildman–Crippen LogP) is 2.26. The zero-order valence-corrected chi connectivity index (χ0v) is 11.9. The van der Waals surface area contributed by atoms with Crippen LogP contribution in [0, 0.1) is 17.0 Å². The van der Waals surface area contributed by atoms with Crippen LogP contribution in [0.2, 0.25) is 0 Å². The number of halogens is 2. The minimum absolute atomic E-state index is 0.0826. The highest BCUT2D eigenvalue weighted by Gasteiger charge is 2.24. The van der Waals surface area contributed by atoms with E-state index < -0.39 is 26.6 Å². The van der Waals surface area contributed by atoms with E-state index in [9.17, 15) is 17.2 Å². The summed E-state index contributed by atoms with van der Waals surface area (Å²) in [5, 5.41) is 0. The topological polar surface area (TPSA) is 72.2 Å². The second kappa shape index (κ2) is 5.42. The predicted molar refractivity (Wildman–Crippen MR) is 70.0 cm³/mol. The van der Waals surface area contributed by atoms with Crippen molar-refractivity contribution in [3.05, 3.63) is 23.8 Å². The van der Waals surface area contributed by atoms with Gasteiger partial charge in [-0.25, -0.2) is 21.9 Å². The molecule has 0 aromatic heterocycles. The highest BCUT2D eigenvalue weighted by atomic mass is 32.2. The third-order valence-corrected chi connectivity index (χ3v) is 3.97. The van der Waals surface area contributed by atoms with Gasteiger partial charge in [0.1, 0.15) is 11.6 Å². The van der Waals surface area contributed by atoms with E-state index in [1.807, 2.05) is 20.8 Å². The Balaban J connectivity index is 2.96. The molecule has 0 aliphatic heterocycles. The lowest BCUT2D eigenvalue weighted by atomic mass is 9.93. The number of anilines is 1. The molecule has 108 valence electrons.